The van der Waals surface area contributed by atoms with Gasteiger partial charge < -0.3 is 15.1 Å². The highest BCUT2D eigenvalue weighted by Gasteiger charge is 2.11. The van der Waals surface area contributed by atoms with Crippen LogP contribution in [0.4, 0.5) is 5.69 Å². The van der Waals surface area contributed by atoms with E-state index in [2.05, 4.69) is 10.6 Å². The van der Waals surface area contributed by atoms with Gasteiger partial charge in [-0.05, 0) is 0 Å². The third-order valence-corrected chi connectivity index (χ3v) is 1.37. The molecule has 4 nitrogen and oxygen atoms in total. The lowest BCUT2D eigenvalue weighted by atomic mass is 10.3. The maximum atomic E-state index is 11.0. The summed E-state index contributed by atoms with van der Waals surface area (Å²) in [4.78, 5) is 11.0. The first-order valence-electron chi connectivity index (χ1n) is 4.27. The first-order chi connectivity index (χ1) is 6.29. The summed E-state index contributed by atoms with van der Waals surface area (Å²) in [5.74, 6) is 0.0920. The van der Waals surface area contributed by atoms with Gasteiger partial charge in [0.2, 0.25) is 5.76 Å². The molecule has 0 spiro atoms. The van der Waals surface area contributed by atoms with Gasteiger partial charge >= 0.3 is 0 Å². The van der Waals surface area contributed by atoms with Crippen molar-refractivity contribution >= 4 is 11.6 Å². The zero-order valence-electron chi connectivity index (χ0n) is 8.47. The predicted molar refractivity (Wildman–Crippen MR) is 53.0 cm³/mol. The number of amides is 1. The van der Waals surface area contributed by atoms with E-state index >= 15 is 0 Å². The number of carbonyl (C=O) groups excluding carboxylic acids is 1. The molecule has 4 heteroatoms. The van der Waals surface area contributed by atoms with Crippen molar-refractivity contribution in [1.82, 2.24) is 5.32 Å². The molecule has 0 aliphatic heterocycles. The monoisotopic (exact) mass is 184 g/mol. The zero-order chi connectivity index (χ0) is 10.3. The fraction of sp³-hybridized carbons (Fsp3) is 0.444. The van der Waals surface area contributed by atoms with Crippen LogP contribution in [0.15, 0.2) is 16.7 Å². The summed E-state index contributed by atoms with van der Waals surface area (Å²) >= 11 is 0. The van der Waals surface area contributed by atoms with Gasteiger partial charge in [-0.1, -0.05) is 13.8 Å². The molecule has 1 heterocycles. The van der Waals surface area contributed by atoms with Crippen LogP contribution in [0.3, 0.4) is 0 Å². The van der Waals surface area contributed by atoms with E-state index in [1.807, 2.05) is 13.8 Å². The molecule has 1 rings (SSSR count). The Kier molecular flexibility index (Phi) is 5.43. The van der Waals surface area contributed by atoms with Gasteiger partial charge in [0.15, 0.2) is 0 Å². The molecule has 1 amide bonds. The molecule has 0 unspecified atom stereocenters. The van der Waals surface area contributed by atoms with Crippen LogP contribution in [0.2, 0.25) is 0 Å². The average molecular weight is 184 g/mol. The Labute approximate surface area is 78.3 Å². The molecule has 0 saturated heterocycles. The van der Waals surface area contributed by atoms with Gasteiger partial charge in [-0.15, -0.1) is 0 Å². The van der Waals surface area contributed by atoms with E-state index in [1.165, 1.54) is 6.26 Å². The first-order valence-corrected chi connectivity index (χ1v) is 4.27. The lowest BCUT2D eigenvalue weighted by Crippen LogP contribution is -2.18. The molecule has 0 radical (unpaired) electrons. The maximum absolute atomic E-state index is 11.0. The molecule has 0 aromatic carbocycles. The number of furan rings is 1. The van der Waals surface area contributed by atoms with E-state index < -0.39 is 0 Å². The quantitative estimate of drug-likeness (QED) is 0.735. The van der Waals surface area contributed by atoms with Crippen LogP contribution in [0, 0.1) is 0 Å². The summed E-state index contributed by atoms with van der Waals surface area (Å²) < 4.78 is 4.93. The molecule has 13 heavy (non-hydrogen) atoms. The Hall–Kier alpha value is -1.45. The fourth-order valence-electron chi connectivity index (χ4n) is 0.796. The molecule has 0 atom stereocenters. The van der Waals surface area contributed by atoms with Crippen LogP contribution in [-0.2, 0) is 0 Å². The zero-order valence-corrected chi connectivity index (χ0v) is 8.47. The molecule has 74 valence electrons. The van der Waals surface area contributed by atoms with E-state index in [0.29, 0.717) is 11.4 Å². The summed E-state index contributed by atoms with van der Waals surface area (Å²) in [7, 11) is 3.29. The normalized spacial score (nSPS) is 8.31. The van der Waals surface area contributed by atoms with Gasteiger partial charge in [-0.3, -0.25) is 4.79 Å². The van der Waals surface area contributed by atoms with Crippen molar-refractivity contribution in [2.75, 3.05) is 19.4 Å². The van der Waals surface area contributed by atoms with Crippen LogP contribution in [0.5, 0.6) is 0 Å². The lowest BCUT2D eigenvalue weighted by Gasteiger charge is -1.98. The minimum Gasteiger partial charge on any atom is -0.457 e. The largest absolute Gasteiger partial charge is 0.457 e. The minimum absolute atomic E-state index is 0.223. The third kappa shape index (κ3) is 2.82. The molecule has 0 aliphatic carbocycles. The van der Waals surface area contributed by atoms with Crippen LogP contribution in [0.1, 0.15) is 24.4 Å². The van der Waals surface area contributed by atoms with Gasteiger partial charge in [0.25, 0.3) is 5.91 Å². The second-order valence-electron chi connectivity index (χ2n) is 1.99. The van der Waals surface area contributed by atoms with Gasteiger partial charge in [0, 0.05) is 20.2 Å². The number of nitrogens with one attached hydrogen (secondary N) is 2. The Morgan fingerprint density at radius 3 is 2.46 bits per heavy atom. The maximum Gasteiger partial charge on any atom is 0.288 e. The highest BCUT2D eigenvalue weighted by Crippen LogP contribution is 2.14. The average Bonchev–Trinajstić information content (AvgIpc) is 2.67. The molecule has 0 fully saturated rings. The highest BCUT2D eigenvalue weighted by atomic mass is 16.3. The van der Waals surface area contributed by atoms with Crippen molar-refractivity contribution < 1.29 is 9.21 Å². The molecular formula is C9H16N2O2. The third-order valence-electron chi connectivity index (χ3n) is 1.37. The molecule has 1 aromatic heterocycles. The van der Waals surface area contributed by atoms with E-state index in [-0.39, 0.29) is 5.91 Å². The Bertz CT molecular complexity index is 256. The smallest absolute Gasteiger partial charge is 0.288 e. The topological polar surface area (TPSA) is 54.3 Å². The Morgan fingerprint density at radius 1 is 1.38 bits per heavy atom. The SMILES string of the molecule is CC.CNC(=O)c1occc1NC. The Morgan fingerprint density at radius 2 is 2.00 bits per heavy atom. The molecular weight excluding hydrogens is 168 g/mol. The number of rotatable bonds is 2. The van der Waals surface area contributed by atoms with Gasteiger partial charge in [0.1, 0.15) is 0 Å². The van der Waals surface area contributed by atoms with Crippen LogP contribution in [0.25, 0.3) is 0 Å². The van der Waals surface area contributed by atoms with Crippen molar-refractivity contribution in [3.8, 4) is 0 Å². The van der Waals surface area contributed by atoms with Crippen LogP contribution < -0.4 is 10.6 Å². The second-order valence-corrected chi connectivity index (χ2v) is 1.99. The van der Waals surface area contributed by atoms with Crippen molar-refractivity contribution in [2.24, 2.45) is 0 Å². The fourth-order valence-corrected chi connectivity index (χ4v) is 0.796. The summed E-state index contributed by atoms with van der Waals surface area (Å²) in [5.41, 5.74) is 0.698. The van der Waals surface area contributed by atoms with E-state index in [0.717, 1.165) is 0 Å². The molecule has 0 bridgehead atoms. The van der Waals surface area contributed by atoms with Gasteiger partial charge in [-0.25, -0.2) is 0 Å². The standard InChI is InChI=1S/C7H10N2O2.C2H6/c1-8-5-3-4-11-6(5)7(10)9-2;1-2/h3-4,8H,1-2H3,(H,9,10);1-2H3. The number of carbonyl (C=O) groups is 1. The van der Waals surface area contributed by atoms with Gasteiger partial charge in [0.05, 0.1) is 12.0 Å². The molecule has 0 saturated carbocycles. The van der Waals surface area contributed by atoms with Crippen molar-refractivity contribution in [3.05, 3.63) is 18.1 Å². The summed E-state index contributed by atoms with van der Waals surface area (Å²) in [5, 5.41) is 5.31. The highest BCUT2D eigenvalue weighted by molar-refractivity contribution is 5.96. The van der Waals surface area contributed by atoms with E-state index in [1.54, 1.807) is 20.2 Å². The van der Waals surface area contributed by atoms with Crippen molar-refractivity contribution in [3.63, 3.8) is 0 Å². The summed E-state index contributed by atoms with van der Waals surface area (Å²) in [6, 6.07) is 1.70. The molecule has 0 aliphatic rings. The minimum atomic E-state index is -0.223. The van der Waals surface area contributed by atoms with Gasteiger partial charge in [-0.2, -0.15) is 0 Å². The van der Waals surface area contributed by atoms with Crippen molar-refractivity contribution in [2.45, 2.75) is 13.8 Å². The number of hydrogen-bond donors (Lipinski definition) is 2. The summed E-state index contributed by atoms with van der Waals surface area (Å²) in [6.45, 7) is 4.00. The number of hydrogen-bond acceptors (Lipinski definition) is 3. The van der Waals surface area contributed by atoms with Crippen LogP contribution in [-0.4, -0.2) is 20.0 Å². The first kappa shape index (κ1) is 11.6. The van der Waals surface area contributed by atoms with E-state index in [4.69, 9.17) is 4.42 Å². The number of anilines is 1. The van der Waals surface area contributed by atoms with E-state index in [9.17, 15) is 4.79 Å². The Balaban J connectivity index is 0.000000671. The predicted octanol–water partition coefficient (Wildman–Crippen LogP) is 1.71. The lowest BCUT2D eigenvalue weighted by molar-refractivity contribution is 0.0937. The molecule has 2 N–H and O–H groups in total. The summed E-state index contributed by atoms with van der Waals surface area (Å²) in [6.07, 6.45) is 1.47. The second kappa shape index (κ2) is 6.11. The molecule has 1 aromatic rings. The van der Waals surface area contributed by atoms with Crippen molar-refractivity contribution in [1.29, 1.82) is 0 Å². The van der Waals surface area contributed by atoms with Crippen LogP contribution >= 0.6 is 0 Å².